The van der Waals surface area contributed by atoms with Crippen molar-refractivity contribution in [3.05, 3.63) is 22.4 Å². The molecule has 0 spiro atoms. The highest BCUT2D eigenvalue weighted by Gasteiger charge is 2.17. The predicted octanol–water partition coefficient (Wildman–Crippen LogP) is 3.15. The second-order valence-corrected chi connectivity index (χ2v) is 6.48. The van der Waals surface area contributed by atoms with Gasteiger partial charge in [0, 0.05) is 9.40 Å². The zero-order valence-electron chi connectivity index (χ0n) is 9.93. The van der Waals surface area contributed by atoms with Crippen LogP contribution >= 0.6 is 34.9 Å². The number of rotatable bonds is 5. The Hall–Kier alpha value is -0.980. The molecule has 3 nitrogen and oxygen atoms in total. The van der Waals surface area contributed by atoms with Crippen molar-refractivity contribution in [1.82, 2.24) is 5.32 Å². The summed E-state index contributed by atoms with van der Waals surface area (Å²) >= 11 is 8.11. The molecule has 2 aromatic rings. The molecule has 0 aromatic carbocycles. The monoisotopic (exact) mass is 298 g/mol. The van der Waals surface area contributed by atoms with Gasteiger partial charge in [-0.15, -0.1) is 22.7 Å². The van der Waals surface area contributed by atoms with Gasteiger partial charge in [-0.1, -0.05) is 25.6 Å². The lowest BCUT2D eigenvalue weighted by atomic mass is 10.1. The Morgan fingerprint density at radius 2 is 2.33 bits per heavy atom. The summed E-state index contributed by atoms with van der Waals surface area (Å²) in [5.74, 6) is -0.0883. The van der Waals surface area contributed by atoms with Crippen molar-refractivity contribution in [1.29, 1.82) is 0 Å². The van der Waals surface area contributed by atoms with E-state index < -0.39 is 0 Å². The summed E-state index contributed by atoms with van der Waals surface area (Å²) in [6, 6.07) is 3.74. The molecule has 6 heteroatoms. The summed E-state index contributed by atoms with van der Waals surface area (Å²) in [5.41, 5.74) is 5.63. The molecule has 0 fully saturated rings. The number of hydrogen-bond acceptors (Lipinski definition) is 4. The minimum Gasteiger partial charge on any atom is -0.392 e. The lowest BCUT2D eigenvalue weighted by molar-refractivity contribution is 0.0950. The fourth-order valence-corrected chi connectivity index (χ4v) is 3.87. The van der Waals surface area contributed by atoms with E-state index in [1.165, 1.54) is 11.3 Å². The number of carbonyl (C=O) groups excluding carboxylic acids is 1. The van der Waals surface area contributed by atoms with Crippen LogP contribution in [0.4, 0.5) is 0 Å². The van der Waals surface area contributed by atoms with Gasteiger partial charge < -0.3 is 11.1 Å². The first-order chi connectivity index (χ1) is 8.61. The average molecular weight is 298 g/mol. The van der Waals surface area contributed by atoms with E-state index in [9.17, 15) is 4.79 Å². The molecule has 0 saturated carbocycles. The largest absolute Gasteiger partial charge is 0.392 e. The normalized spacial score (nSPS) is 12.5. The highest BCUT2D eigenvalue weighted by atomic mass is 32.1. The van der Waals surface area contributed by atoms with Crippen molar-refractivity contribution < 1.29 is 4.79 Å². The maximum Gasteiger partial charge on any atom is 0.261 e. The molecular formula is C12H14N2OS3. The maximum absolute atomic E-state index is 12.1. The standard InChI is InChI=1S/C12H14N2OS3/c1-2-3-7(11(13)16)14-12(15)10-6-9-8(18-10)4-5-17-9/h4-7H,2-3H2,1H3,(H2,13,16)(H,14,15). The van der Waals surface area contributed by atoms with Crippen LogP contribution in [0.3, 0.4) is 0 Å². The number of fused-ring (bicyclic) bond motifs is 1. The minimum absolute atomic E-state index is 0.0883. The third-order valence-electron chi connectivity index (χ3n) is 2.59. The van der Waals surface area contributed by atoms with E-state index in [2.05, 4.69) is 5.32 Å². The molecule has 18 heavy (non-hydrogen) atoms. The molecule has 0 aliphatic heterocycles. The number of nitrogens with two attached hydrogens (primary N) is 1. The third kappa shape index (κ3) is 2.88. The van der Waals surface area contributed by atoms with Gasteiger partial charge in [-0.3, -0.25) is 4.79 Å². The van der Waals surface area contributed by atoms with Crippen molar-refractivity contribution >= 4 is 55.2 Å². The summed E-state index contributed by atoms with van der Waals surface area (Å²) in [6.07, 6.45) is 1.71. The van der Waals surface area contributed by atoms with Crippen LogP contribution in [0.2, 0.25) is 0 Å². The van der Waals surface area contributed by atoms with Gasteiger partial charge >= 0.3 is 0 Å². The van der Waals surface area contributed by atoms with Gasteiger partial charge in [0.05, 0.1) is 15.9 Å². The Balaban J connectivity index is 2.11. The molecule has 1 amide bonds. The maximum atomic E-state index is 12.1. The van der Waals surface area contributed by atoms with E-state index in [-0.39, 0.29) is 11.9 Å². The zero-order valence-corrected chi connectivity index (χ0v) is 12.4. The fourth-order valence-electron chi connectivity index (χ4n) is 1.68. The minimum atomic E-state index is -0.211. The second-order valence-electron chi connectivity index (χ2n) is 3.98. The molecule has 0 radical (unpaired) electrons. The number of thiophene rings is 2. The first-order valence-electron chi connectivity index (χ1n) is 5.69. The van der Waals surface area contributed by atoms with Gasteiger partial charge in [0.1, 0.15) is 0 Å². The lowest BCUT2D eigenvalue weighted by Crippen LogP contribution is -2.43. The Kier molecular flexibility index (Phi) is 4.31. The smallest absolute Gasteiger partial charge is 0.261 e. The molecule has 2 rings (SSSR count). The molecule has 0 bridgehead atoms. The van der Waals surface area contributed by atoms with Crippen LogP contribution in [0.25, 0.3) is 9.40 Å². The molecule has 96 valence electrons. The highest BCUT2D eigenvalue weighted by molar-refractivity contribution is 7.80. The van der Waals surface area contributed by atoms with E-state index in [1.807, 2.05) is 24.4 Å². The van der Waals surface area contributed by atoms with Gasteiger partial charge in [-0.25, -0.2) is 0 Å². The quantitative estimate of drug-likeness (QED) is 0.834. The molecule has 3 N–H and O–H groups in total. The SMILES string of the molecule is CCCC(NC(=O)c1cc2sccc2s1)C(N)=S. The summed E-state index contributed by atoms with van der Waals surface area (Å²) < 4.78 is 2.29. The first-order valence-corrected chi connectivity index (χ1v) is 7.79. The second kappa shape index (κ2) is 5.77. The molecule has 0 aliphatic rings. The van der Waals surface area contributed by atoms with E-state index in [0.29, 0.717) is 9.87 Å². The number of nitrogens with one attached hydrogen (secondary N) is 1. The first kappa shape index (κ1) is 13.5. The fraction of sp³-hybridized carbons (Fsp3) is 0.333. The van der Waals surface area contributed by atoms with Crippen molar-refractivity contribution in [3.8, 4) is 0 Å². The summed E-state index contributed by atoms with van der Waals surface area (Å²) in [7, 11) is 0. The average Bonchev–Trinajstić information content (AvgIpc) is 2.87. The Bertz CT molecular complexity index is 544. The van der Waals surface area contributed by atoms with E-state index in [4.69, 9.17) is 18.0 Å². The number of hydrogen-bond donors (Lipinski definition) is 2. The van der Waals surface area contributed by atoms with Gasteiger partial charge in [0.25, 0.3) is 5.91 Å². The topological polar surface area (TPSA) is 55.1 Å². The van der Waals surface area contributed by atoms with Crippen LogP contribution in [-0.2, 0) is 0 Å². The summed E-state index contributed by atoms with van der Waals surface area (Å²) in [4.78, 5) is 13.2. The molecule has 0 saturated heterocycles. The Morgan fingerprint density at radius 3 is 2.94 bits per heavy atom. The van der Waals surface area contributed by atoms with Gasteiger partial charge in [-0.2, -0.15) is 0 Å². The van der Waals surface area contributed by atoms with Crippen molar-refractivity contribution in [3.63, 3.8) is 0 Å². The van der Waals surface area contributed by atoms with Crippen LogP contribution in [-0.4, -0.2) is 16.9 Å². The summed E-state index contributed by atoms with van der Waals surface area (Å²) in [5, 5.41) is 4.92. The van der Waals surface area contributed by atoms with E-state index in [0.717, 1.165) is 22.2 Å². The van der Waals surface area contributed by atoms with Crippen LogP contribution in [0.5, 0.6) is 0 Å². The van der Waals surface area contributed by atoms with Crippen LogP contribution in [0, 0.1) is 0 Å². The lowest BCUT2D eigenvalue weighted by Gasteiger charge is -2.15. The highest BCUT2D eigenvalue weighted by Crippen LogP contribution is 2.29. The van der Waals surface area contributed by atoms with Crippen molar-refractivity contribution in [2.75, 3.05) is 0 Å². The molecular weight excluding hydrogens is 284 g/mol. The molecule has 2 heterocycles. The number of carbonyl (C=O) groups is 1. The molecule has 2 aromatic heterocycles. The van der Waals surface area contributed by atoms with Crippen molar-refractivity contribution in [2.24, 2.45) is 5.73 Å². The number of amides is 1. The van der Waals surface area contributed by atoms with Crippen LogP contribution < -0.4 is 11.1 Å². The Labute approximate surface area is 119 Å². The summed E-state index contributed by atoms with van der Waals surface area (Å²) in [6.45, 7) is 2.04. The Morgan fingerprint density at radius 1 is 1.56 bits per heavy atom. The van der Waals surface area contributed by atoms with E-state index in [1.54, 1.807) is 11.3 Å². The molecule has 0 aliphatic carbocycles. The van der Waals surface area contributed by atoms with Crippen LogP contribution in [0.15, 0.2) is 17.5 Å². The third-order valence-corrected chi connectivity index (χ3v) is 4.97. The zero-order chi connectivity index (χ0) is 13.1. The van der Waals surface area contributed by atoms with Crippen LogP contribution in [0.1, 0.15) is 29.4 Å². The van der Waals surface area contributed by atoms with E-state index >= 15 is 0 Å². The number of thiocarbonyl (C=S) groups is 1. The van der Waals surface area contributed by atoms with Gasteiger partial charge in [0.15, 0.2) is 0 Å². The van der Waals surface area contributed by atoms with Crippen molar-refractivity contribution in [2.45, 2.75) is 25.8 Å². The predicted molar refractivity (Wildman–Crippen MR) is 82.6 cm³/mol. The molecule has 1 unspecified atom stereocenters. The molecule has 1 atom stereocenters. The van der Waals surface area contributed by atoms with Gasteiger partial charge in [-0.05, 0) is 23.9 Å². The van der Waals surface area contributed by atoms with Gasteiger partial charge in [0.2, 0.25) is 0 Å².